The molecular weight excluding hydrogens is 195 g/mol. The van der Waals surface area contributed by atoms with Crippen molar-refractivity contribution in [2.45, 2.75) is 19.6 Å². The molecule has 0 heterocycles. The minimum Gasteiger partial charge on any atom is -0.402 e. The Bertz CT molecular complexity index is 216. The lowest BCUT2D eigenvalue weighted by Gasteiger charge is -2.10. The summed E-state index contributed by atoms with van der Waals surface area (Å²) in [5.74, 6) is 0. The highest BCUT2D eigenvalue weighted by Gasteiger charge is 2.03. The fraction of sp³-hybridized carbons (Fsp3) is 0.333. The van der Waals surface area contributed by atoms with Crippen LogP contribution in [-0.4, -0.2) is 31.2 Å². The van der Waals surface area contributed by atoms with Gasteiger partial charge in [0.2, 0.25) is 0 Å². The van der Waals surface area contributed by atoms with Crippen molar-refractivity contribution in [3.63, 3.8) is 0 Å². The second-order valence-electron chi connectivity index (χ2n) is 3.66. The largest absolute Gasteiger partial charge is 0.631 e. The van der Waals surface area contributed by atoms with Gasteiger partial charge in [0.05, 0.1) is 0 Å². The Hall–Kier alpha value is -0.618. The summed E-state index contributed by atoms with van der Waals surface area (Å²) in [4.78, 5) is 0. The lowest BCUT2D eigenvalue weighted by atomic mass is 9.95. The van der Waals surface area contributed by atoms with Crippen molar-refractivity contribution >= 4 is 16.1 Å². The van der Waals surface area contributed by atoms with E-state index in [0.29, 0.717) is 0 Å². The summed E-state index contributed by atoms with van der Waals surface area (Å²) >= 11 is 0. The third-order valence-electron chi connectivity index (χ3n) is 1.22. The highest BCUT2D eigenvalue weighted by molar-refractivity contribution is 6.54. The minimum atomic E-state index is -2.17. The van der Waals surface area contributed by atoms with Crippen LogP contribution >= 0.6 is 0 Å². The van der Waals surface area contributed by atoms with E-state index >= 15 is 0 Å². The first-order chi connectivity index (χ1) is 6.43. The van der Waals surface area contributed by atoms with Crippen LogP contribution in [0.25, 0.3) is 11.1 Å². The van der Waals surface area contributed by atoms with Gasteiger partial charge >= 0.3 is 7.32 Å². The van der Waals surface area contributed by atoms with Gasteiger partial charge in [-0.1, -0.05) is 43.9 Å². The van der Waals surface area contributed by atoms with E-state index in [1.807, 2.05) is 0 Å². The summed E-state index contributed by atoms with van der Waals surface area (Å²) in [5.41, 5.74) is 2.85. The molecule has 0 aromatic carbocycles. The van der Waals surface area contributed by atoms with Crippen LogP contribution in [0.3, 0.4) is 0 Å². The van der Waals surface area contributed by atoms with Crippen molar-refractivity contribution < 1.29 is 15.1 Å². The molecule has 0 unspecified atom stereocenters. The maximum atomic E-state index is 7.17. The lowest BCUT2D eigenvalue weighted by Crippen LogP contribution is -2.07. The fourth-order valence-electron chi connectivity index (χ4n) is 0.663. The average Bonchev–Trinajstić information content (AvgIpc) is 1.94. The van der Waals surface area contributed by atoms with E-state index in [9.17, 15) is 0 Å². The molecule has 2 rings (SSSR count). The third-order valence-corrected chi connectivity index (χ3v) is 1.22. The van der Waals surface area contributed by atoms with Gasteiger partial charge in [0.25, 0.3) is 0 Å². The van der Waals surface area contributed by atoms with Crippen molar-refractivity contribution in [2.24, 2.45) is 0 Å². The SMILES string of the molecule is C[SiH](C)C.OB(O)O.c1cc2ccc1-2. The van der Waals surface area contributed by atoms with Crippen molar-refractivity contribution in [3.8, 4) is 11.1 Å². The molecule has 78 valence electrons. The van der Waals surface area contributed by atoms with Gasteiger partial charge in [0, 0.05) is 8.80 Å². The van der Waals surface area contributed by atoms with Crippen molar-refractivity contribution in [2.75, 3.05) is 0 Å². The number of rotatable bonds is 0. The Morgan fingerprint density at radius 1 is 0.857 bits per heavy atom. The maximum Gasteiger partial charge on any atom is 0.631 e. The number of hydrogen-bond donors (Lipinski definition) is 3. The molecule has 0 saturated carbocycles. The number of hydrogen-bond acceptors (Lipinski definition) is 3. The summed E-state index contributed by atoms with van der Waals surface area (Å²) in [6, 6.07) is 8.48. The Morgan fingerprint density at radius 2 is 1.00 bits per heavy atom. The lowest BCUT2D eigenvalue weighted by molar-refractivity contribution is 0.278. The highest BCUT2D eigenvalue weighted by atomic mass is 28.3. The smallest absolute Gasteiger partial charge is 0.402 e. The molecular formula is C9H17BO3Si. The predicted molar refractivity (Wildman–Crippen MR) is 62.6 cm³/mol. The molecule has 0 aromatic rings. The average molecular weight is 212 g/mol. The Morgan fingerprint density at radius 3 is 1.00 bits per heavy atom. The van der Waals surface area contributed by atoms with E-state index in [1.165, 1.54) is 11.1 Å². The summed E-state index contributed by atoms with van der Waals surface area (Å²) in [6.07, 6.45) is 0. The maximum absolute atomic E-state index is 7.17. The first-order valence-electron chi connectivity index (χ1n) is 4.58. The van der Waals surface area contributed by atoms with E-state index < -0.39 is 7.32 Å². The van der Waals surface area contributed by atoms with Crippen LogP contribution < -0.4 is 0 Å². The summed E-state index contributed by atoms with van der Waals surface area (Å²) in [5, 5.41) is 21.5. The van der Waals surface area contributed by atoms with E-state index in [1.54, 1.807) is 0 Å². The van der Waals surface area contributed by atoms with Gasteiger partial charge in [-0.3, -0.25) is 0 Å². The standard InChI is InChI=1S/C6H4.C3H10Si.BH3O3/c1-2-6-4-3-5(1)6;1-4(2)3;2-1(3)4/h1-4H;4H,1-3H3;2-4H. The Labute approximate surface area is 86.8 Å². The topological polar surface area (TPSA) is 60.7 Å². The molecule has 0 aliphatic heterocycles. The van der Waals surface area contributed by atoms with Gasteiger partial charge in [-0.05, 0) is 11.1 Å². The Balaban J connectivity index is 0.000000192. The molecule has 2 aliphatic carbocycles. The van der Waals surface area contributed by atoms with Crippen molar-refractivity contribution in [3.05, 3.63) is 24.3 Å². The molecule has 0 spiro atoms. The molecule has 5 heteroatoms. The molecule has 0 saturated heterocycles. The molecule has 3 nitrogen and oxygen atoms in total. The number of benzene rings is 1. The molecule has 0 radical (unpaired) electrons. The van der Waals surface area contributed by atoms with Crippen molar-refractivity contribution in [1.82, 2.24) is 0 Å². The van der Waals surface area contributed by atoms with E-state index in [-0.39, 0.29) is 8.80 Å². The second kappa shape index (κ2) is 6.78. The van der Waals surface area contributed by atoms with E-state index in [0.717, 1.165) is 0 Å². The van der Waals surface area contributed by atoms with Gasteiger partial charge in [-0.2, -0.15) is 0 Å². The van der Waals surface area contributed by atoms with Crippen LogP contribution in [0, 0.1) is 0 Å². The monoisotopic (exact) mass is 212 g/mol. The predicted octanol–water partition coefficient (Wildman–Crippen LogP) is 0.718. The quantitative estimate of drug-likeness (QED) is 0.564. The van der Waals surface area contributed by atoms with Gasteiger partial charge in [0.1, 0.15) is 0 Å². The summed E-state index contributed by atoms with van der Waals surface area (Å²) in [6.45, 7) is 6.92. The van der Waals surface area contributed by atoms with Crippen LogP contribution in [0.1, 0.15) is 0 Å². The zero-order valence-electron chi connectivity index (χ0n) is 8.81. The fourth-order valence-corrected chi connectivity index (χ4v) is 0.663. The number of fused-ring (bicyclic) bond motifs is 1. The van der Waals surface area contributed by atoms with Gasteiger partial charge < -0.3 is 15.1 Å². The van der Waals surface area contributed by atoms with Crippen molar-refractivity contribution in [1.29, 1.82) is 0 Å². The summed E-state index contributed by atoms with van der Waals surface area (Å²) in [7, 11) is -2.31. The van der Waals surface area contributed by atoms with Gasteiger partial charge in [-0.25, -0.2) is 0 Å². The Kier molecular flexibility index (Phi) is 6.48. The van der Waals surface area contributed by atoms with Crippen LogP contribution in [0.4, 0.5) is 0 Å². The van der Waals surface area contributed by atoms with E-state index in [4.69, 9.17) is 15.1 Å². The third kappa shape index (κ3) is 6.85. The van der Waals surface area contributed by atoms with E-state index in [2.05, 4.69) is 43.9 Å². The zero-order chi connectivity index (χ0) is 11.1. The first kappa shape index (κ1) is 13.4. The zero-order valence-corrected chi connectivity index (χ0v) is 9.96. The minimum absolute atomic E-state index is 0.139. The molecule has 0 fully saturated rings. The normalized spacial score (nSPS) is 9.36. The molecule has 0 aromatic heterocycles. The molecule has 3 N–H and O–H groups in total. The molecule has 14 heavy (non-hydrogen) atoms. The van der Waals surface area contributed by atoms with Crippen LogP contribution in [-0.2, 0) is 0 Å². The first-order valence-corrected chi connectivity index (χ1v) is 8.04. The second-order valence-corrected chi connectivity index (χ2v) is 7.12. The molecule has 0 bridgehead atoms. The van der Waals surface area contributed by atoms with Crippen LogP contribution in [0.15, 0.2) is 24.3 Å². The van der Waals surface area contributed by atoms with Gasteiger partial charge in [-0.15, -0.1) is 0 Å². The molecule has 0 amide bonds. The van der Waals surface area contributed by atoms with Crippen LogP contribution in [0.5, 0.6) is 0 Å². The molecule has 2 aliphatic rings. The molecule has 0 atom stereocenters. The van der Waals surface area contributed by atoms with Gasteiger partial charge in [0.15, 0.2) is 0 Å². The summed E-state index contributed by atoms with van der Waals surface area (Å²) < 4.78 is 0. The van der Waals surface area contributed by atoms with Crippen LogP contribution in [0.2, 0.25) is 19.6 Å². The highest BCUT2D eigenvalue weighted by Crippen LogP contribution is 2.29.